The van der Waals surface area contributed by atoms with Crippen molar-refractivity contribution in [3.05, 3.63) is 28.3 Å². The Morgan fingerprint density at radius 1 is 1.32 bits per heavy atom. The first-order chi connectivity index (χ1) is 8.97. The molecule has 0 fully saturated rings. The monoisotopic (exact) mass is 267 g/mol. The van der Waals surface area contributed by atoms with E-state index in [1.165, 1.54) is 12.1 Å². The molecule has 0 spiro atoms. The van der Waals surface area contributed by atoms with Gasteiger partial charge >= 0.3 is 0 Å². The van der Waals surface area contributed by atoms with Crippen LogP contribution in [0, 0.1) is 16.0 Å². The van der Waals surface area contributed by atoms with Crippen molar-refractivity contribution in [2.24, 2.45) is 5.92 Å². The lowest BCUT2D eigenvalue weighted by atomic mass is 10.0. The molecule has 1 aromatic rings. The van der Waals surface area contributed by atoms with Crippen molar-refractivity contribution in [2.75, 3.05) is 23.8 Å². The number of benzene rings is 1. The molecule has 0 heterocycles. The molecule has 0 radical (unpaired) electrons. The van der Waals surface area contributed by atoms with Crippen LogP contribution in [0.5, 0.6) is 0 Å². The number of aliphatic hydroxyl groups is 1. The Morgan fingerprint density at radius 3 is 2.47 bits per heavy atom. The minimum atomic E-state index is -0.411. The molecule has 0 aliphatic carbocycles. The van der Waals surface area contributed by atoms with E-state index in [9.17, 15) is 10.1 Å². The lowest BCUT2D eigenvalue weighted by Crippen LogP contribution is -2.26. The molecule has 1 rings (SSSR count). The smallest absolute Gasteiger partial charge is 0.273 e. The number of hydrogen-bond donors (Lipinski definition) is 3. The van der Waals surface area contributed by atoms with Gasteiger partial charge in [0, 0.05) is 42.7 Å². The number of hydrogen-bond acceptors (Lipinski definition) is 5. The summed E-state index contributed by atoms with van der Waals surface area (Å²) in [6.45, 7) is 6.56. The highest BCUT2D eigenvalue weighted by molar-refractivity contribution is 5.63. The van der Waals surface area contributed by atoms with E-state index in [0.717, 1.165) is 0 Å². The highest BCUT2D eigenvalue weighted by atomic mass is 16.6. The van der Waals surface area contributed by atoms with Gasteiger partial charge in [-0.25, -0.2) is 0 Å². The van der Waals surface area contributed by atoms with Gasteiger partial charge < -0.3 is 15.7 Å². The Labute approximate surface area is 113 Å². The molecule has 6 heteroatoms. The molecule has 0 saturated heterocycles. The Morgan fingerprint density at radius 2 is 1.95 bits per heavy atom. The molecular formula is C13H21N3O3. The second-order valence-electron chi connectivity index (χ2n) is 4.65. The minimum Gasteiger partial charge on any atom is -0.396 e. The number of anilines is 2. The average Bonchev–Trinajstić information content (AvgIpc) is 2.37. The van der Waals surface area contributed by atoms with Crippen LogP contribution >= 0.6 is 0 Å². The standard InChI is InChI=1S/C13H21N3O3/c1-4-14-11-5-12(7-13(6-11)16(18)19)15-10(3)9(2)8-17/h5-7,9-10,14-15,17H,4,8H2,1-3H3. The lowest BCUT2D eigenvalue weighted by molar-refractivity contribution is -0.384. The summed E-state index contributed by atoms with van der Waals surface area (Å²) in [6.07, 6.45) is 0. The average molecular weight is 267 g/mol. The molecule has 2 atom stereocenters. The van der Waals surface area contributed by atoms with Gasteiger partial charge in [0.15, 0.2) is 0 Å². The summed E-state index contributed by atoms with van der Waals surface area (Å²) in [6, 6.07) is 4.87. The van der Waals surface area contributed by atoms with Crippen molar-refractivity contribution in [1.29, 1.82) is 0 Å². The summed E-state index contributed by atoms with van der Waals surface area (Å²) in [4.78, 5) is 10.5. The number of aliphatic hydroxyl groups excluding tert-OH is 1. The highest BCUT2D eigenvalue weighted by Crippen LogP contribution is 2.25. The zero-order chi connectivity index (χ0) is 14.4. The SMILES string of the molecule is CCNc1cc(NC(C)C(C)CO)cc([N+](=O)[O-])c1. The van der Waals surface area contributed by atoms with Crippen LogP contribution in [0.1, 0.15) is 20.8 Å². The van der Waals surface area contributed by atoms with E-state index in [1.54, 1.807) is 0 Å². The van der Waals surface area contributed by atoms with Gasteiger partial charge in [0.25, 0.3) is 5.69 Å². The number of nitrogens with zero attached hydrogens (tertiary/aromatic N) is 1. The number of nitro groups is 1. The van der Waals surface area contributed by atoms with E-state index in [0.29, 0.717) is 17.9 Å². The van der Waals surface area contributed by atoms with Gasteiger partial charge in [0.05, 0.1) is 4.92 Å². The van der Waals surface area contributed by atoms with Crippen LogP contribution < -0.4 is 10.6 Å². The van der Waals surface area contributed by atoms with Gasteiger partial charge in [0.1, 0.15) is 0 Å². The maximum atomic E-state index is 10.9. The maximum Gasteiger partial charge on any atom is 0.273 e. The zero-order valence-corrected chi connectivity index (χ0v) is 11.5. The summed E-state index contributed by atoms with van der Waals surface area (Å²) in [5.41, 5.74) is 1.44. The summed E-state index contributed by atoms with van der Waals surface area (Å²) in [5, 5.41) is 26.2. The second kappa shape index (κ2) is 6.94. The van der Waals surface area contributed by atoms with Gasteiger partial charge in [-0.1, -0.05) is 6.92 Å². The molecule has 1 aromatic carbocycles. The van der Waals surface area contributed by atoms with Crippen LogP contribution in [0.4, 0.5) is 17.1 Å². The van der Waals surface area contributed by atoms with Crippen molar-refractivity contribution in [3.8, 4) is 0 Å². The summed E-state index contributed by atoms with van der Waals surface area (Å²) < 4.78 is 0. The summed E-state index contributed by atoms with van der Waals surface area (Å²) in [5.74, 6) is 0.0712. The highest BCUT2D eigenvalue weighted by Gasteiger charge is 2.14. The van der Waals surface area contributed by atoms with Gasteiger partial charge in [-0.2, -0.15) is 0 Å². The van der Waals surface area contributed by atoms with Crippen molar-refractivity contribution in [3.63, 3.8) is 0 Å². The molecule has 0 saturated carbocycles. The van der Waals surface area contributed by atoms with Crippen molar-refractivity contribution >= 4 is 17.1 Å². The number of nitro benzene ring substituents is 1. The van der Waals surface area contributed by atoms with E-state index in [1.807, 2.05) is 26.8 Å². The quantitative estimate of drug-likeness (QED) is 0.521. The number of rotatable bonds is 7. The molecule has 2 unspecified atom stereocenters. The van der Waals surface area contributed by atoms with Crippen LogP contribution in [0.25, 0.3) is 0 Å². The first kappa shape index (κ1) is 15.2. The van der Waals surface area contributed by atoms with Gasteiger partial charge in [-0.3, -0.25) is 10.1 Å². The molecule has 0 aromatic heterocycles. The van der Waals surface area contributed by atoms with E-state index in [4.69, 9.17) is 5.11 Å². The Hall–Kier alpha value is -1.82. The van der Waals surface area contributed by atoms with Gasteiger partial charge in [-0.05, 0) is 25.8 Å². The number of nitrogens with one attached hydrogen (secondary N) is 2. The Kier molecular flexibility index (Phi) is 5.57. The molecule has 0 aliphatic heterocycles. The second-order valence-corrected chi connectivity index (χ2v) is 4.65. The fourth-order valence-corrected chi connectivity index (χ4v) is 1.67. The van der Waals surface area contributed by atoms with Gasteiger partial charge in [-0.15, -0.1) is 0 Å². The molecule has 0 bridgehead atoms. The maximum absolute atomic E-state index is 10.9. The molecule has 3 N–H and O–H groups in total. The summed E-state index contributed by atoms with van der Waals surface area (Å²) >= 11 is 0. The third-order valence-electron chi connectivity index (χ3n) is 3.05. The van der Waals surface area contributed by atoms with Crippen LogP contribution in [0.15, 0.2) is 18.2 Å². The first-order valence-corrected chi connectivity index (χ1v) is 6.38. The van der Waals surface area contributed by atoms with Crippen molar-refractivity contribution in [2.45, 2.75) is 26.8 Å². The summed E-state index contributed by atoms with van der Waals surface area (Å²) in [7, 11) is 0. The Bertz CT molecular complexity index is 437. The van der Waals surface area contributed by atoms with E-state index < -0.39 is 4.92 Å². The molecule has 106 valence electrons. The molecular weight excluding hydrogens is 246 g/mol. The predicted molar refractivity (Wildman–Crippen MR) is 76.6 cm³/mol. The third-order valence-corrected chi connectivity index (χ3v) is 3.05. The fourth-order valence-electron chi connectivity index (χ4n) is 1.67. The van der Waals surface area contributed by atoms with E-state index in [2.05, 4.69) is 10.6 Å². The van der Waals surface area contributed by atoms with Gasteiger partial charge in [0.2, 0.25) is 0 Å². The third kappa shape index (κ3) is 4.40. The number of non-ortho nitro benzene ring substituents is 1. The predicted octanol–water partition coefficient (Wildman–Crippen LogP) is 2.46. The van der Waals surface area contributed by atoms with E-state index >= 15 is 0 Å². The Balaban J connectivity index is 2.95. The molecule has 19 heavy (non-hydrogen) atoms. The van der Waals surface area contributed by atoms with Crippen LogP contribution in [-0.2, 0) is 0 Å². The minimum absolute atomic E-state index is 0.0291. The molecule has 6 nitrogen and oxygen atoms in total. The lowest BCUT2D eigenvalue weighted by Gasteiger charge is -2.21. The topological polar surface area (TPSA) is 87.4 Å². The molecule has 0 aliphatic rings. The van der Waals surface area contributed by atoms with Crippen molar-refractivity contribution < 1.29 is 10.0 Å². The first-order valence-electron chi connectivity index (χ1n) is 6.38. The fraction of sp³-hybridized carbons (Fsp3) is 0.538. The van der Waals surface area contributed by atoms with Crippen LogP contribution in [-0.4, -0.2) is 29.2 Å². The van der Waals surface area contributed by atoms with E-state index in [-0.39, 0.29) is 24.3 Å². The van der Waals surface area contributed by atoms with Crippen LogP contribution in [0.2, 0.25) is 0 Å². The largest absolute Gasteiger partial charge is 0.396 e. The van der Waals surface area contributed by atoms with Crippen LogP contribution in [0.3, 0.4) is 0 Å². The zero-order valence-electron chi connectivity index (χ0n) is 11.5. The molecule has 0 amide bonds. The van der Waals surface area contributed by atoms with Crippen molar-refractivity contribution in [1.82, 2.24) is 0 Å². The normalized spacial score (nSPS) is 13.7.